The molecular formula is C6H6NO2S-. The Hall–Kier alpha value is -1.03. The molecule has 54 valence electrons. The maximum absolute atomic E-state index is 9.85. The normalized spacial score (nSPS) is 9.20. The summed E-state index contributed by atoms with van der Waals surface area (Å²) in [7, 11) is 0. The van der Waals surface area contributed by atoms with E-state index < -0.39 is 4.90 Å². The lowest BCUT2D eigenvalue weighted by molar-refractivity contribution is -0.374. The van der Waals surface area contributed by atoms with Crippen molar-refractivity contribution in [2.24, 2.45) is 0 Å². The van der Waals surface area contributed by atoms with Gasteiger partial charge in [-0.3, -0.25) is 0 Å². The van der Waals surface area contributed by atoms with E-state index in [2.05, 4.69) is 0 Å². The summed E-state index contributed by atoms with van der Waals surface area (Å²) in [6.07, 6.45) is 1.50. The summed E-state index contributed by atoms with van der Waals surface area (Å²) in [4.78, 5) is 0.608. The highest BCUT2D eigenvalue weighted by Crippen LogP contribution is 2.07. The summed E-state index contributed by atoms with van der Waals surface area (Å²) in [6, 6.07) is 3.76. The summed E-state index contributed by atoms with van der Waals surface area (Å²) in [5.74, 6) is 0. The molecule has 0 aliphatic rings. The first-order valence-corrected chi connectivity index (χ1v) is 3.66. The molecule has 0 saturated heterocycles. The lowest BCUT2D eigenvalue weighted by Gasteiger charge is -2.00. The predicted octanol–water partition coefficient (Wildman–Crippen LogP) is 1.37. The van der Waals surface area contributed by atoms with Gasteiger partial charge in [-0.15, -0.1) is 11.3 Å². The molecule has 1 aromatic rings. The molecule has 1 rings (SSSR count). The van der Waals surface area contributed by atoms with Gasteiger partial charge in [-0.25, -0.2) is 0 Å². The third kappa shape index (κ3) is 2.06. The van der Waals surface area contributed by atoms with Crippen molar-refractivity contribution >= 4 is 17.6 Å². The van der Waals surface area contributed by atoms with Crippen LogP contribution in [-0.2, 0) is 6.42 Å². The van der Waals surface area contributed by atoms with E-state index in [1.807, 2.05) is 17.5 Å². The Balaban J connectivity index is 2.49. The second-order valence-electron chi connectivity index (χ2n) is 1.75. The highest BCUT2D eigenvalue weighted by molar-refractivity contribution is 7.10. The lowest BCUT2D eigenvalue weighted by Crippen LogP contribution is -1.95. The minimum absolute atomic E-state index is 0.417. The highest BCUT2D eigenvalue weighted by atomic mass is 32.1. The number of thiophene rings is 1. The third-order valence-corrected chi connectivity index (χ3v) is 1.92. The van der Waals surface area contributed by atoms with Crippen molar-refractivity contribution in [2.75, 3.05) is 0 Å². The molecule has 0 aliphatic carbocycles. The fraction of sp³-hybridized carbons (Fsp3) is 0.167. The van der Waals surface area contributed by atoms with Crippen molar-refractivity contribution < 1.29 is 4.90 Å². The van der Waals surface area contributed by atoms with E-state index in [0.29, 0.717) is 6.42 Å². The van der Waals surface area contributed by atoms with E-state index in [9.17, 15) is 10.4 Å². The molecule has 3 nitrogen and oxygen atoms in total. The van der Waals surface area contributed by atoms with Gasteiger partial charge in [0.05, 0.1) is 6.42 Å². The maximum Gasteiger partial charge on any atom is 0.168 e. The van der Waals surface area contributed by atoms with Crippen LogP contribution in [0.3, 0.4) is 0 Å². The van der Waals surface area contributed by atoms with Crippen LogP contribution < -0.4 is 0 Å². The first-order valence-electron chi connectivity index (χ1n) is 2.78. The van der Waals surface area contributed by atoms with E-state index in [1.165, 1.54) is 11.3 Å². The lowest BCUT2D eigenvalue weighted by atomic mass is 10.4. The summed E-state index contributed by atoms with van der Waals surface area (Å²) < 4.78 is 0. The zero-order valence-electron chi connectivity index (χ0n) is 5.19. The minimum Gasteiger partial charge on any atom is -0.613 e. The van der Waals surface area contributed by atoms with Crippen LogP contribution in [-0.4, -0.2) is 11.1 Å². The number of rotatable bonds is 2. The molecule has 4 heteroatoms. The molecule has 0 fully saturated rings. The molecule has 0 unspecified atom stereocenters. The average Bonchev–Trinajstić information content (AvgIpc) is 2.34. The van der Waals surface area contributed by atoms with Gasteiger partial charge in [-0.2, -0.15) is 4.90 Å². The van der Waals surface area contributed by atoms with Crippen molar-refractivity contribution in [2.45, 2.75) is 6.42 Å². The molecule has 0 N–H and O–H groups in total. The number of hydrogen-bond acceptors (Lipinski definition) is 3. The second-order valence-corrected chi connectivity index (χ2v) is 2.78. The standard InChI is InChI=1S/C6H6NO2S/c8-7(9)4-3-6-2-1-5-10-6/h1-2,4-5H,3H2/q-1. The predicted molar refractivity (Wildman–Crippen MR) is 41.1 cm³/mol. The van der Waals surface area contributed by atoms with E-state index in [-0.39, 0.29) is 0 Å². The van der Waals surface area contributed by atoms with Crippen LogP contribution in [0, 0.1) is 10.4 Å². The number of nitrogens with zero attached hydrogens (tertiary/aromatic N) is 1. The van der Waals surface area contributed by atoms with Crippen LogP contribution in [0.5, 0.6) is 0 Å². The molecule has 0 spiro atoms. The fourth-order valence-corrected chi connectivity index (χ4v) is 1.25. The van der Waals surface area contributed by atoms with Crippen molar-refractivity contribution in [3.8, 4) is 0 Å². The zero-order valence-corrected chi connectivity index (χ0v) is 6.00. The first-order chi connectivity index (χ1) is 4.79. The third-order valence-electron chi connectivity index (χ3n) is 1.02. The second kappa shape index (κ2) is 3.22. The molecule has 1 aromatic heterocycles. The van der Waals surface area contributed by atoms with Crippen molar-refractivity contribution in [1.29, 1.82) is 0 Å². The smallest absolute Gasteiger partial charge is 0.168 e. The summed E-state index contributed by atoms with van der Waals surface area (Å²) in [6.45, 7) is 0. The van der Waals surface area contributed by atoms with Gasteiger partial charge in [0.15, 0.2) is 6.21 Å². The number of hydrogen-bond donors (Lipinski definition) is 0. The van der Waals surface area contributed by atoms with Crippen LogP contribution in [0.1, 0.15) is 4.88 Å². The molecule has 0 atom stereocenters. The van der Waals surface area contributed by atoms with Crippen LogP contribution in [0.25, 0.3) is 0 Å². The van der Waals surface area contributed by atoms with Crippen LogP contribution >= 0.6 is 11.3 Å². The fourth-order valence-electron chi connectivity index (χ4n) is 0.593. The van der Waals surface area contributed by atoms with Gasteiger partial charge < -0.3 is 10.4 Å². The van der Waals surface area contributed by atoms with Crippen molar-refractivity contribution in [3.05, 3.63) is 32.8 Å². The Bertz CT molecular complexity index is 214. The van der Waals surface area contributed by atoms with Gasteiger partial charge in [-0.05, 0) is 11.4 Å². The Morgan fingerprint density at radius 2 is 2.40 bits per heavy atom. The molecule has 0 radical (unpaired) electrons. The van der Waals surface area contributed by atoms with Crippen LogP contribution in [0.15, 0.2) is 17.5 Å². The Morgan fingerprint density at radius 3 is 2.90 bits per heavy atom. The zero-order chi connectivity index (χ0) is 7.40. The van der Waals surface area contributed by atoms with Crippen molar-refractivity contribution in [1.82, 2.24) is 0 Å². The van der Waals surface area contributed by atoms with E-state index in [1.54, 1.807) is 0 Å². The SMILES string of the molecule is [O-][N+]([O-])=CCc1cccs1. The molecule has 0 bridgehead atoms. The topological polar surface area (TPSA) is 49.1 Å². The van der Waals surface area contributed by atoms with Gasteiger partial charge in [-0.1, -0.05) is 6.07 Å². The van der Waals surface area contributed by atoms with Crippen LogP contribution in [0.2, 0.25) is 0 Å². The quantitative estimate of drug-likeness (QED) is 0.369. The average molecular weight is 156 g/mol. The molecular weight excluding hydrogens is 150 g/mol. The molecule has 1 heterocycles. The summed E-state index contributed by atoms with van der Waals surface area (Å²) >= 11 is 1.53. The monoisotopic (exact) mass is 156 g/mol. The van der Waals surface area contributed by atoms with Gasteiger partial charge in [0.2, 0.25) is 0 Å². The molecule has 0 amide bonds. The molecule has 0 saturated carbocycles. The summed E-state index contributed by atoms with van der Waals surface area (Å²) in [5, 5.41) is 21.6. The van der Waals surface area contributed by atoms with Gasteiger partial charge >= 0.3 is 0 Å². The van der Waals surface area contributed by atoms with Gasteiger partial charge in [0.25, 0.3) is 0 Å². The van der Waals surface area contributed by atoms with Crippen LogP contribution in [0.4, 0.5) is 0 Å². The highest BCUT2D eigenvalue weighted by Gasteiger charge is 1.90. The Kier molecular flexibility index (Phi) is 2.28. The van der Waals surface area contributed by atoms with Gasteiger partial charge in [0.1, 0.15) is 0 Å². The largest absolute Gasteiger partial charge is 0.613 e. The molecule has 10 heavy (non-hydrogen) atoms. The Morgan fingerprint density at radius 1 is 1.60 bits per heavy atom. The molecule has 0 aliphatic heterocycles. The van der Waals surface area contributed by atoms with Gasteiger partial charge in [0, 0.05) is 4.88 Å². The van der Waals surface area contributed by atoms with E-state index in [4.69, 9.17) is 0 Å². The van der Waals surface area contributed by atoms with E-state index in [0.717, 1.165) is 11.1 Å². The maximum atomic E-state index is 9.85. The summed E-state index contributed by atoms with van der Waals surface area (Å²) in [5.41, 5.74) is 0. The van der Waals surface area contributed by atoms with Crippen molar-refractivity contribution in [3.63, 3.8) is 0 Å². The Labute approximate surface area is 62.4 Å². The minimum atomic E-state index is -0.417. The van der Waals surface area contributed by atoms with E-state index >= 15 is 0 Å². The first kappa shape index (κ1) is 7.08. The molecule has 0 aromatic carbocycles.